The summed E-state index contributed by atoms with van der Waals surface area (Å²) in [6.45, 7) is 0.568. The van der Waals surface area contributed by atoms with Crippen LogP contribution in [0.4, 0.5) is 5.82 Å². The van der Waals surface area contributed by atoms with Gasteiger partial charge in [-0.3, -0.25) is 4.79 Å². The summed E-state index contributed by atoms with van der Waals surface area (Å²) in [7, 11) is 1.63. The molecular formula is C20H20ClN3O2. The van der Waals surface area contributed by atoms with Crippen LogP contribution in [-0.4, -0.2) is 22.8 Å². The van der Waals surface area contributed by atoms with Gasteiger partial charge < -0.3 is 10.1 Å². The fourth-order valence-electron chi connectivity index (χ4n) is 2.58. The summed E-state index contributed by atoms with van der Waals surface area (Å²) in [4.78, 5) is 12.3. The minimum absolute atomic E-state index is 0.0429. The summed E-state index contributed by atoms with van der Waals surface area (Å²) in [5.74, 6) is 1.45. The molecule has 1 N–H and O–H groups in total. The molecule has 0 atom stereocenters. The maximum Gasteiger partial charge on any atom is 0.225 e. The highest BCUT2D eigenvalue weighted by molar-refractivity contribution is 6.30. The second-order valence-corrected chi connectivity index (χ2v) is 6.33. The molecule has 0 aliphatic heterocycles. The van der Waals surface area contributed by atoms with E-state index < -0.39 is 0 Å². The Hall–Kier alpha value is -2.79. The second-order valence-electron chi connectivity index (χ2n) is 5.90. The zero-order valence-electron chi connectivity index (χ0n) is 14.5. The number of halogens is 1. The smallest absolute Gasteiger partial charge is 0.225 e. The maximum absolute atomic E-state index is 12.3. The van der Waals surface area contributed by atoms with E-state index in [1.165, 1.54) is 0 Å². The number of hydrogen-bond donors (Lipinski definition) is 1. The lowest BCUT2D eigenvalue weighted by Crippen LogP contribution is -2.16. The molecule has 26 heavy (non-hydrogen) atoms. The van der Waals surface area contributed by atoms with Crippen molar-refractivity contribution in [2.75, 3.05) is 12.4 Å². The SMILES string of the molecule is COc1ccc(CCC(=O)Nc2ccnn2Cc2ccc(Cl)cc2)cc1. The first-order chi connectivity index (χ1) is 12.6. The standard InChI is InChI=1S/C20H20ClN3O2/c1-26-18-9-4-15(5-10-18)6-11-20(25)23-19-12-13-22-24(19)14-16-2-7-17(21)8-3-16/h2-5,7-10,12-13H,6,11,14H2,1H3,(H,23,25). The molecule has 134 valence electrons. The average molecular weight is 370 g/mol. The van der Waals surface area contributed by atoms with Crippen LogP contribution in [-0.2, 0) is 17.8 Å². The molecule has 1 aromatic heterocycles. The molecule has 0 aliphatic rings. The van der Waals surface area contributed by atoms with Gasteiger partial charge in [-0.2, -0.15) is 5.10 Å². The van der Waals surface area contributed by atoms with E-state index in [2.05, 4.69) is 10.4 Å². The topological polar surface area (TPSA) is 56.1 Å². The number of hydrogen-bond acceptors (Lipinski definition) is 3. The van der Waals surface area contributed by atoms with E-state index in [1.54, 1.807) is 24.1 Å². The van der Waals surface area contributed by atoms with E-state index >= 15 is 0 Å². The van der Waals surface area contributed by atoms with Crippen LogP contribution < -0.4 is 10.1 Å². The van der Waals surface area contributed by atoms with Crippen molar-refractivity contribution in [3.05, 3.63) is 76.9 Å². The Kier molecular flexibility index (Phi) is 5.92. The van der Waals surface area contributed by atoms with Crippen LogP contribution in [0, 0.1) is 0 Å². The Balaban J connectivity index is 1.56. The van der Waals surface area contributed by atoms with Gasteiger partial charge in [-0.25, -0.2) is 4.68 Å². The van der Waals surface area contributed by atoms with Crippen LogP contribution in [0.3, 0.4) is 0 Å². The lowest BCUT2D eigenvalue weighted by Gasteiger charge is -2.09. The van der Waals surface area contributed by atoms with Crippen molar-refractivity contribution >= 4 is 23.3 Å². The molecule has 2 aromatic carbocycles. The lowest BCUT2D eigenvalue weighted by atomic mass is 10.1. The molecule has 0 bridgehead atoms. The number of aromatic nitrogens is 2. The molecule has 1 heterocycles. The predicted octanol–water partition coefficient (Wildman–Crippen LogP) is 4.16. The van der Waals surface area contributed by atoms with Gasteiger partial charge in [0.1, 0.15) is 11.6 Å². The highest BCUT2D eigenvalue weighted by Crippen LogP contribution is 2.15. The molecule has 0 aliphatic carbocycles. The van der Waals surface area contributed by atoms with Crippen molar-refractivity contribution in [3.63, 3.8) is 0 Å². The highest BCUT2D eigenvalue weighted by Gasteiger charge is 2.08. The number of nitrogens with zero attached hydrogens (tertiary/aromatic N) is 2. The van der Waals surface area contributed by atoms with Gasteiger partial charge in [-0.15, -0.1) is 0 Å². The Labute approximate surface area is 157 Å². The first kappa shape index (κ1) is 18.0. The molecular weight excluding hydrogens is 350 g/mol. The van der Waals surface area contributed by atoms with Crippen molar-refractivity contribution < 1.29 is 9.53 Å². The number of nitrogens with one attached hydrogen (secondary N) is 1. The van der Waals surface area contributed by atoms with E-state index in [1.807, 2.05) is 48.5 Å². The molecule has 3 aromatic rings. The summed E-state index contributed by atoms with van der Waals surface area (Å²) in [5.41, 5.74) is 2.16. The van der Waals surface area contributed by atoms with Gasteiger partial charge in [0, 0.05) is 17.5 Å². The molecule has 0 unspecified atom stereocenters. The number of rotatable bonds is 7. The Morgan fingerprint density at radius 2 is 1.77 bits per heavy atom. The highest BCUT2D eigenvalue weighted by atomic mass is 35.5. The van der Waals surface area contributed by atoms with Gasteiger partial charge in [-0.05, 0) is 41.8 Å². The number of anilines is 1. The van der Waals surface area contributed by atoms with Gasteiger partial charge in [-0.1, -0.05) is 35.9 Å². The third kappa shape index (κ3) is 4.86. The number of amides is 1. The molecule has 0 spiro atoms. The molecule has 5 nitrogen and oxygen atoms in total. The van der Waals surface area contributed by atoms with E-state index in [-0.39, 0.29) is 5.91 Å². The minimum atomic E-state index is -0.0429. The van der Waals surface area contributed by atoms with Crippen molar-refractivity contribution in [3.8, 4) is 5.75 Å². The van der Waals surface area contributed by atoms with Gasteiger partial charge in [0.15, 0.2) is 0 Å². The molecule has 0 radical (unpaired) electrons. The molecule has 0 saturated heterocycles. The van der Waals surface area contributed by atoms with E-state index in [0.29, 0.717) is 30.2 Å². The van der Waals surface area contributed by atoms with Crippen LogP contribution in [0.1, 0.15) is 17.5 Å². The third-order valence-electron chi connectivity index (χ3n) is 4.03. The van der Waals surface area contributed by atoms with Crippen LogP contribution in [0.5, 0.6) is 5.75 Å². The number of carbonyl (C=O) groups is 1. The second kappa shape index (κ2) is 8.54. The third-order valence-corrected chi connectivity index (χ3v) is 4.28. The number of benzene rings is 2. The Morgan fingerprint density at radius 1 is 1.08 bits per heavy atom. The zero-order chi connectivity index (χ0) is 18.4. The summed E-state index contributed by atoms with van der Waals surface area (Å²) in [5, 5.41) is 7.90. The predicted molar refractivity (Wildman–Crippen MR) is 103 cm³/mol. The van der Waals surface area contributed by atoms with Crippen LogP contribution in [0.25, 0.3) is 0 Å². The first-order valence-electron chi connectivity index (χ1n) is 8.33. The van der Waals surface area contributed by atoms with E-state index in [9.17, 15) is 4.79 Å². The fraction of sp³-hybridized carbons (Fsp3) is 0.200. The normalized spacial score (nSPS) is 10.5. The number of ether oxygens (including phenoxy) is 1. The van der Waals surface area contributed by atoms with E-state index in [0.717, 1.165) is 16.9 Å². The molecule has 6 heteroatoms. The zero-order valence-corrected chi connectivity index (χ0v) is 15.2. The summed E-state index contributed by atoms with van der Waals surface area (Å²) < 4.78 is 6.90. The van der Waals surface area contributed by atoms with Crippen molar-refractivity contribution in [1.82, 2.24) is 9.78 Å². The lowest BCUT2D eigenvalue weighted by molar-refractivity contribution is -0.116. The summed E-state index contributed by atoms with van der Waals surface area (Å²) in [6, 6.07) is 17.1. The number of carbonyl (C=O) groups excluding carboxylic acids is 1. The van der Waals surface area contributed by atoms with Gasteiger partial charge in [0.2, 0.25) is 5.91 Å². The summed E-state index contributed by atoms with van der Waals surface area (Å²) in [6.07, 6.45) is 2.74. The van der Waals surface area contributed by atoms with Crippen LogP contribution >= 0.6 is 11.6 Å². The van der Waals surface area contributed by atoms with Crippen molar-refractivity contribution in [1.29, 1.82) is 0 Å². The maximum atomic E-state index is 12.3. The van der Waals surface area contributed by atoms with Gasteiger partial charge >= 0.3 is 0 Å². The quantitative estimate of drug-likeness (QED) is 0.680. The molecule has 3 rings (SSSR count). The van der Waals surface area contributed by atoms with Crippen molar-refractivity contribution in [2.24, 2.45) is 0 Å². The molecule has 1 amide bonds. The fourth-order valence-corrected chi connectivity index (χ4v) is 2.71. The van der Waals surface area contributed by atoms with E-state index in [4.69, 9.17) is 16.3 Å². The number of aryl methyl sites for hydroxylation is 1. The molecule has 0 saturated carbocycles. The summed E-state index contributed by atoms with van der Waals surface area (Å²) >= 11 is 5.91. The average Bonchev–Trinajstić information content (AvgIpc) is 3.09. The van der Waals surface area contributed by atoms with Crippen LogP contribution in [0.15, 0.2) is 60.8 Å². The van der Waals surface area contributed by atoms with Crippen molar-refractivity contribution in [2.45, 2.75) is 19.4 Å². The minimum Gasteiger partial charge on any atom is -0.497 e. The van der Waals surface area contributed by atoms with Gasteiger partial charge in [0.05, 0.1) is 19.9 Å². The largest absolute Gasteiger partial charge is 0.497 e. The van der Waals surface area contributed by atoms with Gasteiger partial charge in [0.25, 0.3) is 0 Å². The Morgan fingerprint density at radius 3 is 2.46 bits per heavy atom. The first-order valence-corrected chi connectivity index (χ1v) is 8.71. The number of methoxy groups -OCH3 is 1. The molecule has 0 fully saturated rings. The Bertz CT molecular complexity index is 858. The van der Waals surface area contributed by atoms with Crippen LogP contribution in [0.2, 0.25) is 5.02 Å². The monoisotopic (exact) mass is 369 g/mol.